The van der Waals surface area contributed by atoms with Crippen LogP contribution in [0.4, 0.5) is 4.39 Å². The second kappa shape index (κ2) is 5.63. The number of nitrogens with one attached hydrogen (secondary N) is 1. The SMILES string of the molecule is CCNCc1cc(F)ccc1-c1sccc1Cl. The third kappa shape index (κ3) is 2.86. The van der Waals surface area contributed by atoms with Crippen molar-refractivity contribution in [3.63, 3.8) is 0 Å². The minimum atomic E-state index is -0.214. The summed E-state index contributed by atoms with van der Waals surface area (Å²) in [6, 6.07) is 6.69. The molecule has 1 aromatic carbocycles. The average Bonchev–Trinajstić information content (AvgIpc) is 2.73. The second-order valence-electron chi connectivity index (χ2n) is 3.68. The van der Waals surface area contributed by atoms with Crippen LogP contribution in [0.5, 0.6) is 0 Å². The summed E-state index contributed by atoms with van der Waals surface area (Å²) in [7, 11) is 0. The van der Waals surface area contributed by atoms with E-state index in [4.69, 9.17) is 11.6 Å². The van der Waals surface area contributed by atoms with Gasteiger partial charge < -0.3 is 5.32 Å². The maximum absolute atomic E-state index is 13.3. The lowest BCUT2D eigenvalue weighted by molar-refractivity contribution is 0.622. The van der Waals surface area contributed by atoms with Crippen LogP contribution in [0.15, 0.2) is 29.6 Å². The summed E-state index contributed by atoms with van der Waals surface area (Å²) in [5.74, 6) is -0.214. The van der Waals surface area contributed by atoms with Gasteiger partial charge in [0.2, 0.25) is 0 Å². The van der Waals surface area contributed by atoms with Crippen molar-refractivity contribution in [2.75, 3.05) is 6.54 Å². The number of halogens is 2. The zero-order valence-electron chi connectivity index (χ0n) is 9.47. The van der Waals surface area contributed by atoms with E-state index in [1.807, 2.05) is 18.4 Å². The fourth-order valence-electron chi connectivity index (χ4n) is 1.68. The Morgan fingerprint density at radius 2 is 2.18 bits per heavy atom. The van der Waals surface area contributed by atoms with E-state index in [9.17, 15) is 4.39 Å². The summed E-state index contributed by atoms with van der Waals surface area (Å²) in [4.78, 5) is 1.000. The lowest BCUT2D eigenvalue weighted by Crippen LogP contribution is -2.12. The highest BCUT2D eigenvalue weighted by atomic mass is 35.5. The minimum Gasteiger partial charge on any atom is -0.313 e. The molecule has 0 aliphatic carbocycles. The molecular formula is C13H13ClFNS. The number of hydrogen-bond acceptors (Lipinski definition) is 2. The van der Waals surface area contributed by atoms with Gasteiger partial charge in [0.25, 0.3) is 0 Å². The van der Waals surface area contributed by atoms with E-state index in [1.54, 1.807) is 23.5 Å². The molecule has 0 bridgehead atoms. The molecule has 0 aliphatic heterocycles. The Hall–Kier alpha value is -0.900. The smallest absolute Gasteiger partial charge is 0.123 e. The van der Waals surface area contributed by atoms with Crippen LogP contribution in [0.25, 0.3) is 10.4 Å². The highest BCUT2D eigenvalue weighted by Crippen LogP contribution is 2.35. The molecule has 2 rings (SSSR count). The fraction of sp³-hybridized carbons (Fsp3) is 0.231. The summed E-state index contributed by atoms with van der Waals surface area (Å²) in [5.41, 5.74) is 1.95. The minimum absolute atomic E-state index is 0.214. The first kappa shape index (κ1) is 12.6. The monoisotopic (exact) mass is 269 g/mol. The highest BCUT2D eigenvalue weighted by molar-refractivity contribution is 7.14. The van der Waals surface area contributed by atoms with Gasteiger partial charge in [-0.15, -0.1) is 11.3 Å². The van der Waals surface area contributed by atoms with Crippen molar-refractivity contribution in [1.82, 2.24) is 5.32 Å². The van der Waals surface area contributed by atoms with E-state index in [1.165, 1.54) is 6.07 Å². The lowest BCUT2D eigenvalue weighted by Gasteiger charge is -2.09. The van der Waals surface area contributed by atoms with Crippen molar-refractivity contribution >= 4 is 22.9 Å². The Bertz CT molecular complexity index is 510. The Balaban J connectivity index is 2.42. The van der Waals surface area contributed by atoms with Crippen molar-refractivity contribution in [1.29, 1.82) is 0 Å². The molecule has 0 unspecified atom stereocenters. The van der Waals surface area contributed by atoms with Crippen molar-refractivity contribution in [2.24, 2.45) is 0 Å². The van der Waals surface area contributed by atoms with Crippen molar-refractivity contribution < 1.29 is 4.39 Å². The van der Waals surface area contributed by atoms with Gasteiger partial charge in [-0.05, 0) is 41.3 Å². The summed E-state index contributed by atoms with van der Waals surface area (Å²) >= 11 is 7.69. The van der Waals surface area contributed by atoms with Crippen molar-refractivity contribution in [3.8, 4) is 10.4 Å². The van der Waals surface area contributed by atoms with Crippen LogP contribution in [-0.2, 0) is 6.54 Å². The van der Waals surface area contributed by atoms with E-state index in [0.29, 0.717) is 6.54 Å². The molecule has 0 atom stereocenters. The Morgan fingerprint density at radius 1 is 1.35 bits per heavy atom. The van der Waals surface area contributed by atoms with E-state index < -0.39 is 0 Å². The first-order chi connectivity index (χ1) is 8.22. The molecule has 2 aromatic rings. The normalized spacial score (nSPS) is 10.8. The molecule has 4 heteroatoms. The average molecular weight is 270 g/mol. The van der Waals surface area contributed by atoms with Gasteiger partial charge >= 0.3 is 0 Å². The molecule has 0 amide bonds. The second-order valence-corrected chi connectivity index (χ2v) is 5.00. The summed E-state index contributed by atoms with van der Waals surface area (Å²) in [6.45, 7) is 3.53. The number of rotatable bonds is 4. The van der Waals surface area contributed by atoms with Crippen LogP contribution >= 0.6 is 22.9 Å². The van der Waals surface area contributed by atoms with E-state index in [-0.39, 0.29) is 5.82 Å². The van der Waals surface area contributed by atoms with Gasteiger partial charge in [0, 0.05) is 6.54 Å². The molecule has 1 nitrogen and oxygen atoms in total. The molecule has 0 saturated carbocycles. The Kier molecular flexibility index (Phi) is 4.15. The molecule has 0 saturated heterocycles. The standard InChI is InChI=1S/C13H13ClFNS/c1-2-16-8-9-7-10(15)3-4-11(9)13-12(14)5-6-17-13/h3-7,16H,2,8H2,1H3. The molecule has 1 N–H and O–H groups in total. The van der Waals surface area contributed by atoms with Crippen LogP contribution in [-0.4, -0.2) is 6.54 Å². The van der Waals surface area contributed by atoms with Crippen molar-refractivity contribution in [2.45, 2.75) is 13.5 Å². The third-order valence-electron chi connectivity index (χ3n) is 2.49. The zero-order valence-corrected chi connectivity index (χ0v) is 11.0. The van der Waals surface area contributed by atoms with Gasteiger partial charge in [-0.1, -0.05) is 24.6 Å². The molecule has 0 aliphatic rings. The van der Waals surface area contributed by atoms with Gasteiger partial charge in [0.05, 0.1) is 9.90 Å². The van der Waals surface area contributed by atoms with Gasteiger partial charge in [-0.3, -0.25) is 0 Å². The summed E-state index contributed by atoms with van der Waals surface area (Å²) < 4.78 is 13.3. The van der Waals surface area contributed by atoms with Crippen LogP contribution in [0.2, 0.25) is 5.02 Å². The molecular weight excluding hydrogens is 257 g/mol. The highest BCUT2D eigenvalue weighted by Gasteiger charge is 2.10. The van der Waals surface area contributed by atoms with Gasteiger partial charge in [0.15, 0.2) is 0 Å². The van der Waals surface area contributed by atoms with Gasteiger partial charge in [0.1, 0.15) is 5.82 Å². The number of benzene rings is 1. The quantitative estimate of drug-likeness (QED) is 0.872. The molecule has 1 aromatic heterocycles. The fourth-order valence-corrected chi connectivity index (χ4v) is 2.90. The largest absolute Gasteiger partial charge is 0.313 e. The summed E-state index contributed by atoms with van der Waals surface area (Å²) in [6.07, 6.45) is 0. The predicted octanol–water partition coefficient (Wildman–Crippen LogP) is 4.32. The van der Waals surface area contributed by atoms with Gasteiger partial charge in [-0.2, -0.15) is 0 Å². The van der Waals surface area contributed by atoms with Crippen molar-refractivity contribution in [3.05, 3.63) is 46.0 Å². The molecule has 0 radical (unpaired) electrons. The van der Waals surface area contributed by atoms with Crippen LogP contribution in [0.3, 0.4) is 0 Å². The Morgan fingerprint density at radius 3 is 2.82 bits per heavy atom. The van der Waals surface area contributed by atoms with E-state index in [0.717, 1.165) is 27.6 Å². The number of thiophene rings is 1. The molecule has 1 heterocycles. The molecule has 0 fully saturated rings. The third-order valence-corrected chi connectivity index (χ3v) is 3.87. The lowest BCUT2D eigenvalue weighted by atomic mass is 10.1. The van der Waals surface area contributed by atoms with Crippen LogP contribution in [0, 0.1) is 5.82 Å². The van der Waals surface area contributed by atoms with E-state index in [2.05, 4.69) is 5.32 Å². The van der Waals surface area contributed by atoms with Crippen LogP contribution < -0.4 is 5.32 Å². The van der Waals surface area contributed by atoms with Gasteiger partial charge in [-0.25, -0.2) is 4.39 Å². The summed E-state index contributed by atoms with van der Waals surface area (Å²) in [5, 5.41) is 5.87. The zero-order chi connectivity index (χ0) is 12.3. The maximum Gasteiger partial charge on any atom is 0.123 e. The van der Waals surface area contributed by atoms with Crippen LogP contribution in [0.1, 0.15) is 12.5 Å². The first-order valence-electron chi connectivity index (χ1n) is 5.45. The topological polar surface area (TPSA) is 12.0 Å². The van der Waals surface area contributed by atoms with E-state index >= 15 is 0 Å². The number of hydrogen-bond donors (Lipinski definition) is 1. The molecule has 17 heavy (non-hydrogen) atoms. The molecule has 90 valence electrons. The predicted molar refractivity (Wildman–Crippen MR) is 72.1 cm³/mol. The first-order valence-corrected chi connectivity index (χ1v) is 6.70. The Labute approximate surface area is 109 Å². The maximum atomic E-state index is 13.3. The molecule has 0 spiro atoms.